The van der Waals surface area contributed by atoms with Gasteiger partial charge >= 0.3 is 0 Å². The van der Waals surface area contributed by atoms with Gasteiger partial charge in [0.1, 0.15) is 11.5 Å². The van der Waals surface area contributed by atoms with E-state index in [1.165, 1.54) is 0 Å². The Bertz CT molecular complexity index is 860. The average Bonchev–Trinajstić information content (AvgIpc) is 3.03. The third-order valence-electron chi connectivity index (χ3n) is 3.95. The van der Waals surface area contributed by atoms with Crippen molar-refractivity contribution < 1.29 is 17.7 Å². The van der Waals surface area contributed by atoms with E-state index in [9.17, 15) is 13.2 Å². The van der Waals surface area contributed by atoms with E-state index in [1.807, 2.05) is 18.2 Å². The van der Waals surface area contributed by atoms with Gasteiger partial charge in [-0.05, 0) is 31.4 Å². The number of piperidine rings is 1. The molecule has 134 valence electrons. The number of carbonyl (C=O) groups excluding carboxylic acids is 1. The van der Waals surface area contributed by atoms with Gasteiger partial charge in [0.25, 0.3) is 0 Å². The molecule has 1 fully saturated rings. The van der Waals surface area contributed by atoms with Gasteiger partial charge in [0.05, 0.1) is 0 Å². The second kappa shape index (κ2) is 7.65. The van der Waals surface area contributed by atoms with E-state index >= 15 is 0 Å². The second-order valence-electron chi connectivity index (χ2n) is 6.00. The van der Waals surface area contributed by atoms with Crippen molar-refractivity contribution in [1.29, 1.82) is 0 Å². The molecule has 0 bridgehead atoms. The molecule has 9 heteroatoms. The summed E-state index contributed by atoms with van der Waals surface area (Å²) in [5.41, 5.74) is 0.714. The number of benzene rings is 1. The minimum Gasteiger partial charge on any atom is -0.342 e. The van der Waals surface area contributed by atoms with Crippen LogP contribution in [0, 0.1) is 0 Å². The quantitative estimate of drug-likeness (QED) is 0.726. The highest BCUT2D eigenvalue weighted by molar-refractivity contribution is 9.10. The summed E-state index contributed by atoms with van der Waals surface area (Å²) in [5, 5.41) is 3.81. The van der Waals surface area contributed by atoms with E-state index in [0.29, 0.717) is 24.5 Å². The minimum absolute atomic E-state index is 0.0126. The predicted octanol–water partition coefficient (Wildman–Crippen LogP) is 2.43. The lowest BCUT2D eigenvalue weighted by atomic mass is 10.1. The van der Waals surface area contributed by atoms with Crippen molar-refractivity contribution in [2.45, 2.75) is 25.0 Å². The maximum absolute atomic E-state index is 12.3. The van der Waals surface area contributed by atoms with Crippen molar-refractivity contribution >= 4 is 31.7 Å². The molecule has 2 aromatic rings. The molecule has 25 heavy (non-hydrogen) atoms. The fourth-order valence-electron chi connectivity index (χ4n) is 2.72. The van der Waals surface area contributed by atoms with Crippen LogP contribution in [0.15, 0.2) is 33.3 Å². The molecule has 1 amide bonds. The standard InChI is InChI=1S/C16H18BrN3O4S/c17-13-6-4-5-12(9-13)16-18-14(24-19-16)10-25(22,23)11-15(21)20-7-2-1-3-8-20/h4-6,9H,1-3,7-8,10-11H2. The molecule has 1 aliphatic rings. The number of aromatic nitrogens is 2. The number of likely N-dealkylation sites (tertiary alicyclic amines) is 1. The van der Waals surface area contributed by atoms with Gasteiger partial charge in [0.15, 0.2) is 9.84 Å². The first-order valence-electron chi connectivity index (χ1n) is 8.00. The van der Waals surface area contributed by atoms with Crippen LogP contribution in [0.25, 0.3) is 11.4 Å². The van der Waals surface area contributed by atoms with Gasteiger partial charge in [-0.1, -0.05) is 33.2 Å². The molecule has 0 N–H and O–H groups in total. The lowest BCUT2D eigenvalue weighted by Gasteiger charge is -2.26. The van der Waals surface area contributed by atoms with E-state index in [1.54, 1.807) is 11.0 Å². The maximum Gasteiger partial charge on any atom is 0.242 e. The van der Waals surface area contributed by atoms with Crippen LogP contribution < -0.4 is 0 Å². The summed E-state index contributed by atoms with van der Waals surface area (Å²) in [5.74, 6) is -1.02. The lowest BCUT2D eigenvalue weighted by molar-refractivity contribution is -0.129. The monoisotopic (exact) mass is 427 g/mol. The highest BCUT2D eigenvalue weighted by Gasteiger charge is 2.25. The Morgan fingerprint density at radius 1 is 1.24 bits per heavy atom. The van der Waals surface area contributed by atoms with E-state index in [0.717, 1.165) is 23.7 Å². The molecule has 3 rings (SSSR count). The molecule has 2 heterocycles. The van der Waals surface area contributed by atoms with E-state index in [2.05, 4.69) is 26.1 Å². The van der Waals surface area contributed by atoms with Gasteiger partial charge in [-0.15, -0.1) is 0 Å². The number of carbonyl (C=O) groups is 1. The van der Waals surface area contributed by atoms with Gasteiger partial charge in [-0.3, -0.25) is 4.79 Å². The third-order valence-corrected chi connectivity index (χ3v) is 5.81. The first-order chi connectivity index (χ1) is 11.9. The summed E-state index contributed by atoms with van der Waals surface area (Å²) in [6, 6.07) is 7.29. The Morgan fingerprint density at radius 2 is 2.00 bits per heavy atom. The average molecular weight is 428 g/mol. The van der Waals surface area contributed by atoms with E-state index in [-0.39, 0.29) is 11.8 Å². The molecule has 1 aromatic carbocycles. The number of hydrogen-bond acceptors (Lipinski definition) is 6. The molecule has 0 radical (unpaired) electrons. The smallest absolute Gasteiger partial charge is 0.242 e. The van der Waals surface area contributed by atoms with E-state index < -0.39 is 21.3 Å². The first-order valence-corrected chi connectivity index (χ1v) is 10.6. The number of nitrogens with zero attached hydrogens (tertiary/aromatic N) is 3. The Kier molecular flexibility index (Phi) is 5.53. The zero-order valence-electron chi connectivity index (χ0n) is 13.5. The van der Waals surface area contributed by atoms with Crippen molar-refractivity contribution in [3.63, 3.8) is 0 Å². The van der Waals surface area contributed by atoms with Gasteiger partial charge in [0, 0.05) is 23.1 Å². The third kappa shape index (κ3) is 4.88. The summed E-state index contributed by atoms with van der Waals surface area (Å²) in [4.78, 5) is 17.9. The normalized spacial score (nSPS) is 15.3. The summed E-state index contributed by atoms with van der Waals surface area (Å²) in [6.07, 6.45) is 2.92. The number of sulfone groups is 1. The molecule has 0 aliphatic carbocycles. The number of hydrogen-bond donors (Lipinski definition) is 0. The van der Waals surface area contributed by atoms with Gasteiger partial charge in [0.2, 0.25) is 17.6 Å². The molecular weight excluding hydrogens is 410 g/mol. The summed E-state index contributed by atoms with van der Waals surface area (Å²) >= 11 is 3.36. The van der Waals surface area contributed by atoms with Crippen LogP contribution in [0.2, 0.25) is 0 Å². The molecule has 1 aromatic heterocycles. The highest BCUT2D eigenvalue weighted by Crippen LogP contribution is 2.21. The summed E-state index contributed by atoms with van der Waals surface area (Å²) < 4.78 is 30.4. The number of halogens is 1. The predicted molar refractivity (Wildman–Crippen MR) is 95.4 cm³/mol. The number of rotatable bonds is 5. The zero-order valence-corrected chi connectivity index (χ0v) is 15.9. The largest absolute Gasteiger partial charge is 0.342 e. The fourth-order valence-corrected chi connectivity index (χ4v) is 4.27. The maximum atomic E-state index is 12.3. The molecule has 1 aliphatic heterocycles. The summed E-state index contributed by atoms with van der Waals surface area (Å²) in [7, 11) is -3.66. The van der Waals surface area contributed by atoms with Crippen LogP contribution in [0.3, 0.4) is 0 Å². The van der Waals surface area contributed by atoms with Gasteiger partial charge in [-0.25, -0.2) is 8.42 Å². The van der Waals surface area contributed by atoms with E-state index in [4.69, 9.17) is 4.52 Å². The molecule has 0 spiro atoms. The van der Waals surface area contributed by atoms with Crippen LogP contribution >= 0.6 is 15.9 Å². The Morgan fingerprint density at radius 3 is 2.72 bits per heavy atom. The van der Waals surface area contributed by atoms with Crippen LogP contribution in [0.4, 0.5) is 0 Å². The molecule has 0 unspecified atom stereocenters. The number of amides is 1. The Hall–Kier alpha value is -1.74. The lowest BCUT2D eigenvalue weighted by Crippen LogP contribution is -2.39. The summed E-state index contributed by atoms with van der Waals surface area (Å²) in [6.45, 7) is 1.25. The second-order valence-corrected chi connectivity index (χ2v) is 8.98. The van der Waals surface area contributed by atoms with Crippen molar-refractivity contribution in [2.75, 3.05) is 18.8 Å². The van der Waals surface area contributed by atoms with Gasteiger partial charge < -0.3 is 9.42 Å². The van der Waals surface area contributed by atoms with Crippen LogP contribution in [-0.2, 0) is 20.4 Å². The minimum atomic E-state index is -3.66. The molecule has 0 saturated carbocycles. The topological polar surface area (TPSA) is 93.4 Å². The van der Waals surface area contributed by atoms with Crippen molar-refractivity contribution in [1.82, 2.24) is 15.0 Å². The van der Waals surface area contributed by atoms with Gasteiger partial charge in [-0.2, -0.15) is 4.98 Å². The highest BCUT2D eigenvalue weighted by atomic mass is 79.9. The van der Waals surface area contributed by atoms with Crippen molar-refractivity contribution in [3.8, 4) is 11.4 Å². The molecule has 7 nitrogen and oxygen atoms in total. The first kappa shape index (κ1) is 18.1. The van der Waals surface area contributed by atoms with Crippen molar-refractivity contribution in [2.24, 2.45) is 0 Å². The zero-order chi connectivity index (χ0) is 17.9. The van der Waals surface area contributed by atoms with Crippen molar-refractivity contribution in [3.05, 3.63) is 34.6 Å². The van der Waals surface area contributed by atoms with Crippen LogP contribution in [0.5, 0.6) is 0 Å². The SMILES string of the molecule is O=C(CS(=O)(=O)Cc1nc(-c2cccc(Br)c2)no1)N1CCCCC1. The molecule has 0 atom stereocenters. The molecule has 1 saturated heterocycles. The molecular formula is C16H18BrN3O4S. The Balaban J connectivity index is 1.66. The van der Waals surface area contributed by atoms with Crippen LogP contribution in [-0.4, -0.2) is 48.2 Å². The van der Waals surface area contributed by atoms with Crippen LogP contribution in [0.1, 0.15) is 25.2 Å². The Labute approximate surface area is 154 Å². The fraction of sp³-hybridized carbons (Fsp3) is 0.438.